The average Bonchev–Trinajstić information content (AvgIpc) is 2.29. The van der Waals surface area contributed by atoms with Crippen LogP contribution in [-0.2, 0) is 11.3 Å². The van der Waals surface area contributed by atoms with Crippen LogP contribution >= 0.6 is 15.9 Å². The Morgan fingerprint density at radius 1 is 1.53 bits per heavy atom. The van der Waals surface area contributed by atoms with Crippen LogP contribution in [0.15, 0.2) is 28.7 Å². The molecule has 0 bridgehead atoms. The molecule has 0 amide bonds. The number of rotatable bonds is 3. The Kier molecular flexibility index (Phi) is 4.35. The van der Waals surface area contributed by atoms with E-state index in [1.165, 1.54) is 5.56 Å². The Balaban J connectivity index is 1.97. The summed E-state index contributed by atoms with van der Waals surface area (Å²) < 4.78 is 1.12. The van der Waals surface area contributed by atoms with Gasteiger partial charge in [0.05, 0.1) is 0 Å². The summed E-state index contributed by atoms with van der Waals surface area (Å²) in [5.74, 6) is 0.583. The normalized spacial score (nSPS) is 21.4. The van der Waals surface area contributed by atoms with Gasteiger partial charge in [0.2, 0.25) is 0 Å². The average molecular weight is 296 g/mol. The summed E-state index contributed by atoms with van der Waals surface area (Å²) in [5, 5.41) is 0. The number of likely N-dealkylation sites (tertiary alicyclic amines) is 1. The van der Waals surface area contributed by atoms with Crippen LogP contribution in [0.3, 0.4) is 0 Å². The van der Waals surface area contributed by atoms with Gasteiger partial charge in [0.1, 0.15) is 5.78 Å². The maximum absolute atomic E-state index is 11.4. The van der Waals surface area contributed by atoms with E-state index in [4.69, 9.17) is 0 Å². The van der Waals surface area contributed by atoms with Crippen LogP contribution in [0.25, 0.3) is 0 Å². The largest absolute Gasteiger partial charge is 0.300 e. The zero-order chi connectivity index (χ0) is 12.3. The van der Waals surface area contributed by atoms with Gasteiger partial charge in [-0.2, -0.15) is 0 Å². The third kappa shape index (κ3) is 3.65. The topological polar surface area (TPSA) is 20.3 Å². The van der Waals surface area contributed by atoms with E-state index >= 15 is 0 Å². The standard InChI is InChI=1S/C14H18BrNO/c1-11(17)13-5-3-7-16(10-13)9-12-4-2-6-14(15)8-12/h2,4,6,8,13H,3,5,7,9-10H2,1H3. The summed E-state index contributed by atoms with van der Waals surface area (Å²) in [4.78, 5) is 13.8. The molecule has 1 atom stereocenters. The summed E-state index contributed by atoms with van der Waals surface area (Å²) >= 11 is 3.49. The lowest BCUT2D eigenvalue weighted by Crippen LogP contribution is -2.37. The van der Waals surface area contributed by atoms with Crippen LogP contribution in [0.2, 0.25) is 0 Å². The van der Waals surface area contributed by atoms with Crippen LogP contribution in [0.4, 0.5) is 0 Å². The van der Waals surface area contributed by atoms with Crippen LogP contribution in [0.1, 0.15) is 25.3 Å². The van der Waals surface area contributed by atoms with E-state index < -0.39 is 0 Å². The van der Waals surface area contributed by atoms with Crippen molar-refractivity contribution in [1.82, 2.24) is 4.90 Å². The number of nitrogens with zero attached hydrogens (tertiary/aromatic N) is 1. The maximum Gasteiger partial charge on any atom is 0.134 e. The lowest BCUT2D eigenvalue weighted by molar-refractivity contribution is -0.122. The molecular formula is C14H18BrNO. The Hall–Kier alpha value is -0.670. The molecule has 0 spiro atoms. The van der Waals surface area contributed by atoms with Gasteiger partial charge < -0.3 is 0 Å². The Bertz CT molecular complexity index is 405. The first-order chi connectivity index (χ1) is 8.15. The third-order valence-corrected chi connectivity index (χ3v) is 3.87. The highest BCUT2D eigenvalue weighted by Gasteiger charge is 2.22. The molecule has 1 aliphatic heterocycles. The molecule has 2 rings (SSSR count). The first-order valence-electron chi connectivity index (χ1n) is 6.12. The van der Waals surface area contributed by atoms with Crippen molar-refractivity contribution in [2.24, 2.45) is 5.92 Å². The molecule has 1 aromatic rings. The zero-order valence-corrected chi connectivity index (χ0v) is 11.7. The summed E-state index contributed by atoms with van der Waals surface area (Å²) in [6.45, 7) is 4.69. The van der Waals surface area contributed by atoms with Gasteiger partial charge >= 0.3 is 0 Å². The molecule has 1 fully saturated rings. The molecule has 3 heteroatoms. The minimum absolute atomic E-state index is 0.246. The molecule has 0 saturated carbocycles. The number of Topliss-reactive ketones (excluding diaryl/α,β-unsaturated/α-hetero) is 1. The summed E-state index contributed by atoms with van der Waals surface area (Å²) in [6.07, 6.45) is 2.20. The van der Waals surface area contributed by atoms with Crippen LogP contribution in [-0.4, -0.2) is 23.8 Å². The maximum atomic E-state index is 11.4. The molecule has 1 heterocycles. The van der Waals surface area contributed by atoms with Gasteiger partial charge in [0, 0.05) is 23.5 Å². The summed E-state index contributed by atoms with van der Waals surface area (Å²) in [6, 6.07) is 8.39. The summed E-state index contributed by atoms with van der Waals surface area (Å²) in [5.41, 5.74) is 1.31. The molecule has 1 saturated heterocycles. The van der Waals surface area contributed by atoms with E-state index in [9.17, 15) is 4.79 Å². The minimum Gasteiger partial charge on any atom is -0.300 e. The Morgan fingerprint density at radius 3 is 3.06 bits per heavy atom. The van der Waals surface area contributed by atoms with Crippen molar-refractivity contribution in [3.05, 3.63) is 34.3 Å². The minimum atomic E-state index is 0.246. The smallest absolute Gasteiger partial charge is 0.134 e. The van der Waals surface area contributed by atoms with Crippen molar-refractivity contribution in [3.63, 3.8) is 0 Å². The SMILES string of the molecule is CC(=O)C1CCCN(Cc2cccc(Br)c2)C1. The van der Waals surface area contributed by atoms with Crippen molar-refractivity contribution in [2.45, 2.75) is 26.3 Å². The quantitative estimate of drug-likeness (QED) is 0.853. The lowest BCUT2D eigenvalue weighted by atomic mass is 9.94. The van der Waals surface area contributed by atoms with E-state index in [1.807, 2.05) is 6.07 Å². The lowest BCUT2D eigenvalue weighted by Gasteiger charge is -2.31. The Labute approximate surface area is 111 Å². The highest BCUT2D eigenvalue weighted by molar-refractivity contribution is 9.10. The number of halogens is 1. The van der Waals surface area contributed by atoms with Crippen LogP contribution in [0.5, 0.6) is 0 Å². The number of benzene rings is 1. The molecule has 1 unspecified atom stereocenters. The van der Waals surface area contributed by atoms with Gasteiger partial charge in [0.25, 0.3) is 0 Å². The van der Waals surface area contributed by atoms with Gasteiger partial charge in [-0.3, -0.25) is 9.69 Å². The van der Waals surface area contributed by atoms with Crippen molar-refractivity contribution < 1.29 is 4.79 Å². The second kappa shape index (κ2) is 5.78. The second-order valence-electron chi connectivity index (χ2n) is 4.81. The molecule has 0 N–H and O–H groups in total. The van der Waals surface area contributed by atoms with Gasteiger partial charge in [-0.05, 0) is 44.0 Å². The third-order valence-electron chi connectivity index (χ3n) is 3.38. The number of piperidine rings is 1. The molecule has 0 aliphatic carbocycles. The highest BCUT2D eigenvalue weighted by Crippen LogP contribution is 2.20. The van der Waals surface area contributed by atoms with E-state index in [0.29, 0.717) is 5.78 Å². The number of hydrogen-bond donors (Lipinski definition) is 0. The van der Waals surface area contributed by atoms with Gasteiger partial charge in [-0.1, -0.05) is 28.1 Å². The van der Waals surface area contributed by atoms with Crippen molar-refractivity contribution in [2.75, 3.05) is 13.1 Å². The molecule has 0 radical (unpaired) electrons. The van der Waals surface area contributed by atoms with Crippen molar-refractivity contribution in [1.29, 1.82) is 0 Å². The molecular weight excluding hydrogens is 278 g/mol. The van der Waals surface area contributed by atoms with E-state index in [-0.39, 0.29) is 5.92 Å². The van der Waals surface area contributed by atoms with Gasteiger partial charge in [-0.25, -0.2) is 0 Å². The van der Waals surface area contributed by atoms with E-state index in [2.05, 4.69) is 39.0 Å². The number of carbonyl (C=O) groups excluding carboxylic acids is 1. The van der Waals surface area contributed by atoms with Crippen LogP contribution in [0, 0.1) is 5.92 Å². The fourth-order valence-corrected chi connectivity index (χ4v) is 2.87. The van der Waals surface area contributed by atoms with Crippen molar-refractivity contribution in [3.8, 4) is 0 Å². The van der Waals surface area contributed by atoms with Gasteiger partial charge in [0.15, 0.2) is 0 Å². The summed E-state index contributed by atoms with van der Waals surface area (Å²) in [7, 11) is 0. The second-order valence-corrected chi connectivity index (χ2v) is 5.73. The van der Waals surface area contributed by atoms with E-state index in [0.717, 1.165) is 36.9 Å². The van der Waals surface area contributed by atoms with Gasteiger partial charge in [-0.15, -0.1) is 0 Å². The Morgan fingerprint density at radius 2 is 2.35 bits per heavy atom. The number of carbonyl (C=O) groups is 1. The first kappa shape index (κ1) is 12.8. The zero-order valence-electron chi connectivity index (χ0n) is 10.2. The highest BCUT2D eigenvalue weighted by atomic mass is 79.9. The predicted octanol–water partition coefficient (Wildman–Crippen LogP) is 3.25. The monoisotopic (exact) mass is 295 g/mol. The first-order valence-corrected chi connectivity index (χ1v) is 6.91. The van der Waals surface area contributed by atoms with Crippen molar-refractivity contribution >= 4 is 21.7 Å². The fourth-order valence-electron chi connectivity index (χ4n) is 2.42. The molecule has 17 heavy (non-hydrogen) atoms. The number of hydrogen-bond acceptors (Lipinski definition) is 2. The number of ketones is 1. The molecule has 1 aliphatic rings. The predicted molar refractivity (Wildman–Crippen MR) is 72.8 cm³/mol. The van der Waals surface area contributed by atoms with E-state index in [1.54, 1.807) is 6.92 Å². The molecule has 1 aromatic carbocycles. The molecule has 0 aromatic heterocycles. The molecule has 92 valence electrons. The fraction of sp³-hybridized carbons (Fsp3) is 0.500. The van der Waals surface area contributed by atoms with Crippen LogP contribution < -0.4 is 0 Å². The molecule has 2 nitrogen and oxygen atoms in total.